The average Bonchev–Trinajstić information content (AvgIpc) is 2.85. The molecule has 33 heavy (non-hydrogen) atoms. The summed E-state index contributed by atoms with van der Waals surface area (Å²) in [5.74, 6) is 1.79. The molecule has 0 aliphatic carbocycles. The summed E-state index contributed by atoms with van der Waals surface area (Å²) in [6.07, 6.45) is 2.71. The Hall–Kier alpha value is -3.22. The first-order chi connectivity index (χ1) is 15.9. The minimum Gasteiger partial charge on any atom is -0.497 e. The lowest BCUT2D eigenvalue weighted by Crippen LogP contribution is -2.47. The van der Waals surface area contributed by atoms with E-state index in [1.165, 1.54) is 0 Å². The Morgan fingerprint density at radius 1 is 0.939 bits per heavy atom. The van der Waals surface area contributed by atoms with Crippen LogP contribution in [0.3, 0.4) is 0 Å². The molecule has 7 nitrogen and oxygen atoms in total. The van der Waals surface area contributed by atoms with Gasteiger partial charge in [-0.3, -0.25) is 9.59 Å². The van der Waals surface area contributed by atoms with Gasteiger partial charge in [-0.1, -0.05) is 31.5 Å². The zero-order valence-electron chi connectivity index (χ0n) is 20.3. The molecule has 0 heterocycles. The molecule has 0 spiro atoms. The molecule has 180 valence electrons. The summed E-state index contributed by atoms with van der Waals surface area (Å²) in [4.78, 5) is 27.6. The number of hydrogen-bond acceptors (Lipinski definition) is 5. The number of aryl methyl sites for hydroxylation is 1. The van der Waals surface area contributed by atoms with Gasteiger partial charge in [-0.05, 0) is 55.2 Å². The van der Waals surface area contributed by atoms with Crippen LogP contribution in [-0.4, -0.2) is 50.6 Å². The van der Waals surface area contributed by atoms with Crippen molar-refractivity contribution in [2.24, 2.45) is 0 Å². The van der Waals surface area contributed by atoms with E-state index in [9.17, 15) is 9.59 Å². The Morgan fingerprint density at radius 3 is 2.21 bits per heavy atom. The third-order valence-corrected chi connectivity index (χ3v) is 5.58. The number of carbonyl (C=O) groups excluding carboxylic acids is 2. The second-order valence-corrected chi connectivity index (χ2v) is 7.88. The van der Waals surface area contributed by atoms with Crippen molar-refractivity contribution in [3.05, 3.63) is 53.6 Å². The van der Waals surface area contributed by atoms with Crippen LogP contribution in [0.1, 0.15) is 44.2 Å². The van der Waals surface area contributed by atoms with Gasteiger partial charge in [-0.2, -0.15) is 0 Å². The minimum atomic E-state index is -0.582. The van der Waals surface area contributed by atoms with Crippen LogP contribution in [-0.2, 0) is 22.6 Å². The van der Waals surface area contributed by atoms with Crippen molar-refractivity contribution < 1.29 is 23.8 Å². The summed E-state index contributed by atoms with van der Waals surface area (Å²) >= 11 is 0. The summed E-state index contributed by atoms with van der Waals surface area (Å²) in [7, 11) is 4.79. The molecule has 2 amide bonds. The highest BCUT2D eigenvalue weighted by Crippen LogP contribution is 2.28. The summed E-state index contributed by atoms with van der Waals surface area (Å²) in [5.41, 5.74) is 1.90. The smallest absolute Gasteiger partial charge is 0.242 e. The number of methoxy groups -OCH3 is 3. The molecule has 0 bridgehead atoms. The van der Waals surface area contributed by atoms with Crippen LogP contribution in [0, 0.1) is 0 Å². The molecule has 0 saturated carbocycles. The highest BCUT2D eigenvalue weighted by Gasteiger charge is 2.25. The summed E-state index contributed by atoms with van der Waals surface area (Å²) < 4.78 is 15.9. The van der Waals surface area contributed by atoms with Crippen LogP contribution >= 0.6 is 0 Å². The molecule has 2 rings (SSSR count). The molecule has 2 aromatic carbocycles. The molecule has 0 saturated heterocycles. The molecule has 1 N–H and O–H groups in total. The fraction of sp³-hybridized carbons (Fsp3) is 0.462. The zero-order valence-corrected chi connectivity index (χ0v) is 20.3. The van der Waals surface area contributed by atoms with Crippen molar-refractivity contribution in [3.63, 3.8) is 0 Å². The molecular weight excluding hydrogens is 420 g/mol. The normalized spacial score (nSPS) is 11.4. The summed E-state index contributed by atoms with van der Waals surface area (Å²) in [5, 5.41) is 2.94. The molecule has 0 aliphatic heterocycles. The van der Waals surface area contributed by atoms with Gasteiger partial charge in [-0.25, -0.2) is 0 Å². The Bertz CT molecular complexity index is 898. The maximum Gasteiger partial charge on any atom is 0.242 e. The summed E-state index contributed by atoms with van der Waals surface area (Å²) in [6.45, 7) is 4.80. The van der Waals surface area contributed by atoms with E-state index in [1.54, 1.807) is 33.2 Å². The van der Waals surface area contributed by atoms with Crippen LogP contribution in [0.25, 0.3) is 0 Å². The predicted octanol–water partition coefficient (Wildman–Crippen LogP) is 3.98. The predicted molar refractivity (Wildman–Crippen MR) is 129 cm³/mol. The molecule has 0 aliphatic rings. The molecule has 0 fully saturated rings. The lowest BCUT2D eigenvalue weighted by atomic mass is 10.1. The van der Waals surface area contributed by atoms with Crippen LogP contribution in [0.2, 0.25) is 0 Å². The molecule has 0 radical (unpaired) electrons. The molecule has 0 unspecified atom stereocenters. The zero-order chi connectivity index (χ0) is 24.2. The number of rotatable bonds is 13. The van der Waals surface area contributed by atoms with Crippen molar-refractivity contribution in [1.29, 1.82) is 0 Å². The van der Waals surface area contributed by atoms with E-state index in [-0.39, 0.29) is 18.2 Å². The Balaban J connectivity index is 2.14. The topological polar surface area (TPSA) is 77.1 Å². The van der Waals surface area contributed by atoms with Gasteiger partial charge in [0.15, 0.2) is 11.5 Å². The second-order valence-electron chi connectivity index (χ2n) is 7.88. The van der Waals surface area contributed by atoms with E-state index in [0.29, 0.717) is 31.0 Å². The van der Waals surface area contributed by atoms with Crippen molar-refractivity contribution in [3.8, 4) is 17.2 Å². The number of nitrogens with zero attached hydrogens (tertiary/aromatic N) is 1. The Kier molecular flexibility index (Phi) is 10.5. The van der Waals surface area contributed by atoms with Crippen molar-refractivity contribution in [2.45, 2.75) is 52.1 Å². The number of unbranched alkanes of at least 4 members (excludes halogenated alkanes) is 1. The van der Waals surface area contributed by atoms with Crippen LogP contribution in [0.5, 0.6) is 17.2 Å². The summed E-state index contributed by atoms with van der Waals surface area (Å²) in [6, 6.07) is 12.6. The third-order valence-electron chi connectivity index (χ3n) is 5.58. The number of ether oxygens (including phenoxy) is 3. The van der Waals surface area contributed by atoms with E-state index in [2.05, 4.69) is 12.2 Å². The molecule has 7 heteroatoms. The molecule has 0 aromatic heterocycles. The molecular formula is C26H36N2O5. The van der Waals surface area contributed by atoms with E-state index >= 15 is 0 Å². The van der Waals surface area contributed by atoms with E-state index in [0.717, 1.165) is 29.7 Å². The maximum atomic E-state index is 13.3. The quantitative estimate of drug-likeness (QED) is 0.462. The van der Waals surface area contributed by atoms with Gasteiger partial charge in [0.2, 0.25) is 11.8 Å². The molecule has 2 aromatic rings. The second kappa shape index (κ2) is 13.4. The van der Waals surface area contributed by atoms with Crippen LogP contribution in [0.15, 0.2) is 42.5 Å². The monoisotopic (exact) mass is 456 g/mol. The average molecular weight is 457 g/mol. The largest absolute Gasteiger partial charge is 0.497 e. The van der Waals surface area contributed by atoms with Crippen molar-refractivity contribution >= 4 is 11.8 Å². The number of benzene rings is 2. The van der Waals surface area contributed by atoms with Crippen LogP contribution < -0.4 is 19.5 Å². The first kappa shape index (κ1) is 26.0. The first-order valence-electron chi connectivity index (χ1n) is 11.3. The van der Waals surface area contributed by atoms with Gasteiger partial charge in [0, 0.05) is 19.5 Å². The lowest BCUT2D eigenvalue weighted by Gasteiger charge is -2.29. The van der Waals surface area contributed by atoms with Gasteiger partial charge in [0.05, 0.1) is 21.3 Å². The minimum absolute atomic E-state index is 0.0845. The maximum absolute atomic E-state index is 13.3. The fourth-order valence-electron chi connectivity index (χ4n) is 3.48. The van der Waals surface area contributed by atoms with Gasteiger partial charge in [0.1, 0.15) is 11.8 Å². The molecule has 1 atom stereocenters. The SMILES string of the molecule is CCCCNC(=O)[C@@H](C)N(Cc1ccc(OC)cc1)C(=O)CCc1ccc(OC)c(OC)c1. The number of amides is 2. The number of carbonyl (C=O) groups is 2. The fourth-order valence-corrected chi connectivity index (χ4v) is 3.48. The van der Waals surface area contributed by atoms with Crippen LogP contribution in [0.4, 0.5) is 0 Å². The van der Waals surface area contributed by atoms with Gasteiger partial charge in [-0.15, -0.1) is 0 Å². The lowest BCUT2D eigenvalue weighted by molar-refractivity contribution is -0.140. The highest BCUT2D eigenvalue weighted by atomic mass is 16.5. The van der Waals surface area contributed by atoms with Gasteiger partial charge >= 0.3 is 0 Å². The first-order valence-corrected chi connectivity index (χ1v) is 11.3. The Morgan fingerprint density at radius 2 is 1.61 bits per heavy atom. The van der Waals surface area contributed by atoms with Gasteiger partial charge in [0.25, 0.3) is 0 Å². The highest BCUT2D eigenvalue weighted by molar-refractivity contribution is 5.87. The standard InChI is InChI=1S/C26H36N2O5/c1-6-7-16-27-26(30)19(2)28(18-21-8-12-22(31-3)13-9-21)25(29)15-11-20-10-14-23(32-4)24(17-20)33-5/h8-10,12-14,17,19H,6-7,11,15-16,18H2,1-5H3,(H,27,30)/t19-/m1/s1. The third kappa shape index (κ3) is 7.70. The van der Waals surface area contributed by atoms with E-state index < -0.39 is 6.04 Å². The number of nitrogens with one attached hydrogen (secondary N) is 1. The van der Waals surface area contributed by atoms with Crippen molar-refractivity contribution in [1.82, 2.24) is 10.2 Å². The van der Waals surface area contributed by atoms with E-state index in [1.807, 2.05) is 42.5 Å². The van der Waals surface area contributed by atoms with E-state index in [4.69, 9.17) is 14.2 Å². The Labute approximate surface area is 197 Å². The number of hydrogen-bond donors (Lipinski definition) is 1. The van der Waals surface area contributed by atoms with Gasteiger partial charge < -0.3 is 24.4 Å². The van der Waals surface area contributed by atoms with Crippen molar-refractivity contribution in [2.75, 3.05) is 27.9 Å².